The van der Waals surface area contributed by atoms with Gasteiger partial charge < -0.3 is 11.1 Å². The van der Waals surface area contributed by atoms with E-state index in [1.165, 1.54) is 10.8 Å². The Morgan fingerprint density at radius 3 is 2.85 bits per heavy atom. The maximum Gasteiger partial charge on any atom is 0.278 e. The van der Waals surface area contributed by atoms with Crippen LogP contribution in [0.1, 0.15) is 55.4 Å². The number of nitrogens with one attached hydrogen (secondary N) is 1. The van der Waals surface area contributed by atoms with Crippen molar-refractivity contribution in [2.75, 3.05) is 12.3 Å². The van der Waals surface area contributed by atoms with Gasteiger partial charge in [-0.15, -0.1) is 0 Å². The van der Waals surface area contributed by atoms with Gasteiger partial charge in [0.15, 0.2) is 0 Å². The third-order valence-electron chi connectivity index (χ3n) is 5.32. The van der Waals surface area contributed by atoms with Gasteiger partial charge in [0.1, 0.15) is 10.9 Å². The summed E-state index contributed by atoms with van der Waals surface area (Å²) < 4.78 is 3.43. The van der Waals surface area contributed by atoms with Crippen molar-refractivity contribution >= 4 is 28.4 Å². The van der Waals surface area contributed by atoms with Gasteiger partial charge in [-0.2, -0.15) is 0 Å². The molecule has 0 unspecified atom stereocenters. The number of nitrogens with zero attached hydrogens (tertiary/aromatic N) is 3. The molecular formula is C20H24N5O2+. The topological polar surface area (TPSA) is 93.4 Å². The molecule has 0 bridgehead atoms. The maximum absolute atomic E-state index is 13.1. The summed E-state index contributed by atoms with van der Waals surface area (Å²) in [5.74, 6) is 0.117. The first-order valence-corrected chi connectivity index (χ1v) is 9.55. The molecule has 0 aliphatic heterocycles. The molecule has 3 heterocycles. The molecule has 3 aromatic heterocycles. The number of aromatic nitrogens is 3. The number of anilines is 1. The smallest absolute Gasteiger partial charge is 0.278 e. The Labute approximate surface area is 156 Å². The first-order chi connectivity index (χ1) is 13.1. The highest BCUT2D eigenvalue weighted by molar-refractivity contribution is 6.00. The monoisotopic (exact) mass is 366 g/mol. The summed E-state index contributed by atoms with van der Waals surface area (Å²) in [6, 6.07) is 7.18. The highest BCUT2D eigenvalue weighted by Gasteiger charge is 2.29. The fraction of sp³-hybridized carbons (Fsp3) is 0.400. The largest absolute Gasteiger partial charge is 0.352 e. The average Bonchev–Trinajstić information content (AvgIpc) is 2.69. The third kappa shape index (κ3) is 2.93. The summed E-state index contributed by atoms with van der Waals surface area (Å²) in [6.07, 6.45) is 7.05. The number of rotatable bonds is 3. The molecule has 1 saturated carbocycles. The molecule has 7 heteroatoms. The number of hydrogen-bond donors (Lipinski definition) is 2. The Kier molecular flexibility index (Phi) is 4.51. The summed E-state index contributed by atoms with van der Waals surface area (Å²) in [4.78, 5) is 30.4. The van der Waals surface area contributed by atoms with Crippen LogP contribution in [0.3, 0.4) is 0 Å². The SMILES string of the molecule is CCNC(=O)c1cc2c(=O)n3ccccc3nc2[n+](C2CCCCC2)c1N. The normalized spacial score (nSPS) is 15.3. The number of nitrogen functional groups attached to an aromatic ring is 1. The van der Waals surface area contributed by atoms with Gasteiger partial charge in [-0.25, -0.2) is 4.57 Å². The zero-order chi connectivity index (χ0) is 19.0. The number of carbonyl (C=O) groups is 1. The van der Waals surface area contributed by atoms with Gasteiger partial charge in [-0.3, -0.25) is 14.0 Å². The molecule has 3 N–H and O–H groups in total. The Hall–Kier alpha value is -2.96. The summed E-state index contributed by atoms with van der Waals surface area (Å²) in [7, 11) is 0. The second kappa shape index (κ2) is 6.98. The minimum Gasteiger partial charge on any atom is -0.352 e. The van der Waals surface area contributed by atoms with Crippen LogP contribution in [0.4, 0.5) is 5.82 Å². The molecule has 0 radical (unpaired) electrons. The van der Waals surface area contributed by atoms with Crippen molar-refractivity contribution in [1.82, 2.24) is 14.7 Å². The predicted octanol–water partition coefficient (Wildman–Crippen LogP) is 1.97. The van der Waals surface area contributed by atoms with Gasteiger partial charge in [-0.1, -0.05) is 17.5 Å². The molecule has 4 rings (SSSR count). The lowest BCUT2D eigenvalue weighted by atomic mass is 9.94. The van der Waals surface area contributed by atoms with Crippen molar-refractivity contribution in [1.29, 1.82) is 0 Å². The van der Waals surface area contributed by atoms with Crippen LogP contribution in [-0.2, 0) is 0 Å². The van der Waals surface area contributed by atoms with Crippen LogP contribution in [0.25, 0.3) is 16.7 Å². The van der Waals surface area contributed by atoms with Crippen LogP contribution >= 0.6 is 0 Å². The lowest BCUT2D eigenvalue weighted by Gasteiger charge is -2.23. The highest BCUT2D eigenvalue weighted by atomic mass is 16.1. The molecule has 3 aromatic rings. The predicted molar refractivity (Wildman–Crippen MR) is 104 cm³/mol. The fourth-order valence-corrected chi connectivity index (χ4v) is 4.01. The van der Waals surface area contributed by atoms with E-state index in [1.807, 2.05) is 17.6 Å². The Morgan fingerprint density at radius 2 is 2.11 bits per heavy atom. The van der Waals surface area contributed by atoms with Gasteiger partial charge in [0.05, 0.1) is 6.04 Å². The zero-order valence-corrected chi connectivity index (χ0v) is 15.4. The molecule has 0 saturated heterocycles. The van der Waals surface area contributed by atoms with E-state index < -0.39 is 0 Å². The van der Waals surface area contributed by atoms with Gasteiger partial charge in [0, 0.05) is 12.7 Å². The zero-order valence-electron chi connectivity index (χ0n) is 15.4. The van der Waals surface area contributed by atoms with Gasteiger partial charge in [-0.05, 0) is 50.8 Å². The number of nitrogens with two attached hydrogens (primary N) is 1. The van der Waals surface area contributed by atoms with Crippen molar-refractivity contribution in [3.05, 3.63) is 46.4 Å². The van der Waals surface area contributed by atoms with Crippen LogP contribution in [0.5, 0.6) is 0 Å². The van der Waals surface area contributed by atoms with Gasteiger partial charge in [0.25, 0.3) is 17.1 Å². The number of amides is 1. The molecule has 1 aliphatic rings. The molecule has 7 nitrogen and oxygen atoms in total. The molecule has 140 valence electrons. The Balaban J connectivity index is 2.08. The Bertz CT molecular complexity index is 1080. The molecule has 1 fully saturated rings. The summed E-state index contributed by atoms with van der Waals surface area (Å²) >= 11 is 0. The quantitative estimate of drug-likeness (QED) is 0.547. The number of fused-ring (bicyclic) bond motifs is 2. The van der Waals surface area contributed by atoms with Crippen LogP contribution in [0.15, 0.2) is 35.3 Å². The maximum atomic E-state index is 13.1. The summed E-state index contributed by atoms with van der Waals surface area (Å²) in [6.45, 7) is 2.35. The summed E-state index contributed by atoms with van der Waals surface area (Å²) in [5, 5.41) is 3.21. The van der Waals surface area contributed by atoms with Crippen LogP contribution in [0, 0.1) is 0 Å². The van der Waals surface area contributed by atoms with E-state index in [9.17, 15) is 9.59 Å². The van der Waals surface area contributed by atoms with E-state index in [1.54, 1.807) is 24.4 Å². The molecule has 1 amide bonds. The number of pyridine rings is 2. The van der Waals surface area contributed by atoms with E-state index >= 15 is 0 Å². The van der Waals surface area contributed by atoms with Crippen LogP contribution < -0.4 is 21.2 Å². The molecular weight excluding hydrogens is 342 g/mol. The number of hydrogen-bond acceptors (Lipinski definition) is 4. The molecule has 1 aliphatic carbocycles. The minimum absolute atomic E-state index is 0.147. The van der Waals surface area contributed by atoms with E-state index in [0.29, 0.717) is 34.6 Å². The number of carbonyl (C=O) groups excluding carboxylic acids is 1. The average molecular weight is 366 g/mol. The lowest BCUT2D eigenvalue weighted by Crippen LogP contribution is -2.47. The molecule has 27 heavy (non-hydrogen) atoms. The van der Waals surface area contributed by atoms with Crippen molar-refractivity contribution in [2.45, 2.75) is 45.1 Å². The van der Waals surface area contributed by atoms with Crippen LogP contribution in [0.2, 0.25) is 0 Å². The molecule has 0 aromatic carbocycles. The van der Waals surface area contributed by atoms with E-state index in [-0.39, 0.29) is 17.5 Å². The second-order valence-corrected chi connectivity index (χ2v) is 7.05. The van der Waals surface area contributed by atoms with E-state index in [2.05, 4.69) is 5.32 Å². The van der Waals surface area contributed by atoms with E-state index in [0.717, 1.165) is 25.7 Å². The first-order valence-electron chi connectivity index (χ1n) is 9.55. The van der Waals surface area contributed by atoms with Crippen LogP contribution in [-0.4, -0.2) is 21.8 Å². The highest BCUT2D eigenvalue weighted by Crippen LogP contribution is 2.27. The Morgan fingerprint density at radius 1 is 1.33 bits per heavy atom. The van der Waals surface area contributed by atoms with Gasteiger partial charge >= 0.3 is 0 Å². The van der Waals surface area contributed by atoms with Crippen molar-refractivity contribution in [3.63, 3.8) is 0 Å². The van der Waals surface area contributed by atoms with E-state index in [4.69, 9.17) is 10.7 Å². The van der Waals surface area contributed by atoms with Crippen molar-refractivity contribution < 1.29 is 9.36 Å². The standard InChI is InChI=1S/C20H23N5O2/c1-2-22-19(26)14-12-15-18(23-16-10-6-7-11-24(16)20(15)27)25(17(14)21)13-8-4-3-5-9-13/h6-7,10-13,21H,2-5,8-9H2,1H3,(H,22,26)/p+1. The first kappa shape index (κ1) is 17.5. The van der Waals surface area contributed by atoms with Crippen molar-refractivity contribution in [2.24, 2.45) is 0 Å². The van der Waals surface area contributed by atoms with Gasteiger partial charge in [0.2, 0.25) is 11.5 Å². The lowest BCUT2D eigenvalue weighted by molar-refractivity contribution is -0.689. The molecule has 0 spiro atoms. The molecule has 0 atom stereocenters. The minimum atomic E-state index is -0.265. The van der Waals surface area contributed by atoms with Crippen molar-refractivity contribution in [3.8, 4) is 0 Å². The fourth-order valence-electron chi connectivity index (χ4n) is 4.01. The third-order valence-corrected chi connectivity index (χ3v) is 5.32. The second-order valence-electron chi connectivity index (χ2n) is 7.05. The summed E-state index contributed by atoms with van der Waals surface area (Å²) in [5.41, 5.74) is 7.74.